The van der Waals surface area contributed by atoms with E-state index < -0.39 is 11.9 Å². The van der Waals surface area contributed by atoms with Gasteiger partial charge < -0.3 is 9.64 Å². The number of rotatable bonds is 4. The fourth-order valence-electron chi connectivity index (χ4n) is 7.27. The van der Waals surface area contributed by atoms with Crippen molar-refractivity contribution in [2.75, 3.05) is 16.3 Å². The quantitative estimate of drug-likeness (QED) is 0.162. The number of nitrogens with zero attached hydrogens (tertiary/aromatic N) is 2. The molecule has 2 aliphatic heterocycles. The van der Waals surface area contributed by atoms with Gasteiger partial charge in [-0.1, -0.05) is 68.3 Å². The van der Waals surface area contributed by atoms with Crippen molar-refractivity contribution in [2.24, 2.45) is 29.6 Å². The molecular formula is C31H26Br2N2O5. The third-order valence-corrected chi connectivity index (χ3v) is 12.3. The van der Waals surface area contributed by atoms with Crippen LogP contribution < -0.4 is 14.5 Å². The maximum absolute atomic E-state index is 13.4. The highest BCUT2D eigenvalue weighted by Gasteiger charge is 2.66. The molecule has 4 aliphatic rings. The molecule has 2 heterocycles. The highest BCUT2D eigenvalue weighted by atomic mass is 79.9. The zero-order valence-corrected chi connectivity index (χ0v) is 24.8. The number of esters is 1. The molecule has 0 unspecified atom stereocenters. The molecule has 4 fully saturated rings. The number of aryl methyl sites for hydroxylation is 1. The summed E-state index contributed by atoms with van der Waals surface area (Å²) in [5.74, 6) is -1.46. The molecule has 2 saturated heterocycles. The SMILES string of the molecule is Cc1cc(OC(=O)[C@@H]2CC(=O)N(c3cccc4ccccc34)C2)ccc1N1C(=O)[C@@H]2[C@H]3C[C@@H]([C@H](Br)[C@H]3Br)[C@@H]2C1=O. The largest absolute Gasteiger partial charge is 0.426 e. The predicted molar refractivity (Wildman–Crippen MR) is 158 cm³/mol. The van der Waals surface area contributed by atoms with Crippen molar-refractivity contribution in [1.29, 1.82) is 0 Å². The van der Waals surface area contributed by atoms with E-state index >= 15 is 0 Å². The lowest BCUT2D eigenvalue weighted by Crippen LogP contribution is -2.37. The minimum absolute atomic E-state index is 0.0736. The van der Waals surface area contributed by atoms with E-state index in [-0.39, 0.29) is 64.0 Å². The molecule has 9 heteroatoms. The Morgan fingerprint density at radius 3 is 2.25 bits per heavy atom. The Morgan fingerprint density at radius 1 is 0.875 bits per heavy atom. The maximum atomic E-state index is 13.4. The highest BCUT2D eigenvalue weighted by molar-refractivity contribution is 9.12. The van der Waals surface area contributed by atoms with E-state index in [2.05, 4.69) is 31.9 Å². The number of carbonyl (C=O) groups excluding carboxylic acids is 4. The summed E-state index contributed by atoms with van der Waals surface area (Å²) < 4.78 is 5.70. The summed E-state index contributed by atoms with van der Waals surface area (Å²) in [7, 11) is 0. The summed E-state index contributed by atoms with van der Waals surface area (Å²) >= 11 is 7.45. The number of ether oxygens (including phenoxy) is 1. The molecule has 2 aliphatic carbocycles. The lowest BCUT2D eigenvalue weighted by atomic mass is 9.81. The summed E-state index contributed by atoms with van der Waals surface area (Å²) in [5, 5.41) is 1.99. The molecule has 7 nitrogen and oxygen atoms in total. The third-order valence-electron chi connectivity index (χ3n) is 9.13. The highest BCUT2D eigenvalue weighted by Crippen LogP contribution is 2.60. The number of anilines is 2. The van der Waals surface area contributed by atoms with Gasteiger partial charge in [-0.25, -0.2) is 4.90 Å². The molecule has 7 rings (SSSR count). The van der Waals surface area contributed by atoms with Crippen LogP contribution in [0.5, 0.6) is 5.75 Å². The molecule has 0 spiro atoms. The first-order valence-corrected chi connectivity index (χ1v) is 15.3. The number of benzene rings is 3. The van der Waals surface area contributed by atoms with Gasteiger partial charge in [0.25, 0.3) is 0 Å². The van der Waals surface area contributed by atoms with Crippen molar-refractivity contribution in [3.8, 4) is 5.75 Å². The fraction of sp³-hybridized carbons (Fsp3) is 0.355. The molecular weight excluding hydrogens is 640 g/mol. The van der Waals surface area contributed by atoms with Crippen LogP contribution in [0.25, 0.3) is 10.8 Å². The van der Waals surface area contributed by atoms with Crippen LogP contribution in [0.2, 0.25) is 0 Å². The number of imide groups is 1. The zero-order chi connectivity index (χ0) is 27.9. The van der Waals surface area contributed by atoms with Crippen LogP contribution in [0.15, 0.2) is 60.7 Å². The van der Waals surface area contributed by atoms with Crippen LogP contribution in [0.1, 0.15) is 18.4 Å². The van der Waals surface area contributed by atoms with Crippen molar-refractivity contribution in [2.45, 2.75) is 29.4 Å². The van der Waals surface area contributed by atoms with E-state index in [9.17, 15) is 19.2 Å². The third kappa shape index (κ3) is 3.80. The van der Waals surface area contributed by atoms with Gasteiger partial charge in [0.15, 0.2) is 0 Å². The van der Waals surface area contributed by atoms with Crippen molar-refractivity contribution in [1.82, 2.24) is 0 Å². The summed E-state index contributed by atoms with van der Waals surface area (Å²) in [5.41, 5.74) is 1.98. The van der Waals surface area contributed by atoms with Gasteiger partial charge in [-0.15, -0.1) is 0 Å². The Bertz CT molecular complexity index is 1570. The predicted octanol–water partition coefficient (Wildman–Crippen LogP) is 5.39. The van der Waals surface area contributed by atoms with Gasteiger partial charge in [-0.2, -0.15) is 0 Å². The van der Waals surface area contributed by atoms with Gasteiger partial charge in [0.05, 0.1) is 29.1 Å². The number of hydrogen-bond acceptors (Lipinski definition) is 5. The van der Waals surface area contributed by atoms with Gasteiger partial charge in [0.1, 0.15) is 5.75 Å². The van der Waals surface area contributed by atoms with Crippen LogP contribution >= 0.6 is 31.9 Å². The summed E-state index contributed by atoms with van der Waals surface area (Å²) in [6.45, 7) is 2.05. The molecule has 204 valence electrons. The lowest BCUT2D eigenvalue weighted by Gasteiger charge is -2.28. The minimum atomic E-state index is -0.600. The normalized spacial score (nSPS) is 31.0. The first-order chi connectivity index (χ1) is 19.2. The van der Waals surface area contributed by atoms with Gasteiger partial charge in [-0.3, -0.25) is 19.2 Å². The Hall–Kier alpha value is -3.04. The Morgan fingerprint density at radius 2 is 1.55 bits per heavy atom. The molecule has 40 heavy (non-hydrogen) atoms. The molecule has 2 bridgehead atoms. The average Bonchev–Trinajstić information content (AvgIpc) is 3.67. The second-order valence-corrected chi connectivity index (χ2v) is 13.4. The van der Waals surface area contributed by atoms with E-state index in [1.165, 1.54) is 4.90 Å². The molecule has 0 aromatic heterocycles. The van der Waals surface area contributed by atoms with Gasteiger partial charge in [0.2, 0.25) is 17.7 Å². The molecule has 0 N–H and O–H groups in total. The minimum Gasteiger partial charge on any atom is -0.426 e. The van der Waals surface area contributed by atoms with Crippen LogP contribution in [-0.4, -0.2) is 39.9 Å². The van der Waals surface area contributed by atoms with E-state index in [0.29, 0.717) is 17.0 Å². The average molecular weight is 666 g/mol. The van der Waals surface area contributed by atoms with Crippen LogP contribution in [0.4, 0.5) is 11.4 Å². The second-order valence-electron chi connectivity index (χ2n) is 11.3. The summed E-state index contributed by atoms with van der Waals surface area (Å²) in [6, 6.07) is 18.6. The Kier molecular flexibility index (Phi) is 6.16. The maximum Gasteiger partial charge on any atom is 0.316 e. The first kappa shape index (κ1) is 25.9. The first-order valence-electron chi connectivity index (χ1n) is 13.5. The van der Waals surface area contributed by atoms with Crippen LogP contribution in [-0.2, 0) is 19.2 Å². The molecule has 3 aromatic rings. The lowest BCUT2D eigenvalue weighted by molar-refractivity contribution is -0.139. The summed E-state index contributed by atoms with van der Waals surface area (Å²) in [4.78, 5) is 56.2. The number of amides is 3. The molecule has 0 radical (unpaired) electrons. The Balaban J connectivity index is 1.07. The van der Waals surface area contributed by atoms with E-state index in [4.69, 9.17) is 4.74 Å². The number of halogens is 2. The molecule has 3 amide bonds. The Labute approximate surface area is 248 Å². The van der Waals surface area contributed by atoms with Crippen molar-refractivity contribution in [3.63, 3.8) is 0 Å². The number of alkyl halides is 2. The molecule has 7 atom stereocenters. The summed E-state index contributed by atoms with van der Waals surface area (Å²) in [6.07, 6.45) is 0.950. The van der Waals surface area contributed by atoms with Crippen LogP contribution in [0, 0.1) is 36.5 Å². The van der Waals surface area contributed by atoms with Crippen molar-refractivity contribution < 1.29 is 23.9 Å². The number of hydrogen-bond donors (Lipinski definition) is 0. The van der Waals surface area contributed by atoms with Crippen molar-refractivity contribution >= 4 is 77.7 Å². The van der Waals surface area contributed by atoms with Crippen LogP contribution in [0.3, 0.4) is 0 Å². The number of fused-ring (bicyclic) bond motifs is 6. The van der Waals surface area contributed by atoms with Gasteiger partial charge in [0, 0.05) is 28.0 Å². The number of carbonyl (C=O) groups is 4. The topological polar surface area (TPSA) is 84.0 Å². The van der Waals surface area contributed by atoms with E-state index in [1.807, 2.05) is 42.5 Å². The van der Waals surface area contributed by atoms with Gasteiger partial charge in [-0.05, 0) is 60.4 Å². The van der Waals surface area contributed by atoms with Gasteiger partial charge >= 0.3 is 5.97 Å². The fourth-order valence-corrected chi connectivity index (χ4v) is 9.14. The monoisotopic (exact) mass is 664 g/mol. The zero-order valence-electron chi connectivity index (χ0n) is 21.6. The second kappa shape index (κ2) is 9.52. The molecule has 2 saturated carbocycles. The van der Waals surface area contributed by atoms with Crippen molar-refractivity contribution in [3.05, 3.63) is 66.2 Å². The smallest absolute Gasteiger partial charge is 0.316 e. The van der Waals surface area contributed by atoms with E-state index in [0.717, 1.165) is 22.9 Å². The standard InChI is InChI=1S/C31H26Br2N2O5/c1-15-11-18(9-10-22(15)35-29(37)25-20-13-21(26(25)30(35)38)28(33)27(20)32)40-31(39)17-12-24(36)34(14-17)23-8-4-6-16-5-2-3-7-19(16)23/h2-11,17,20-21,25-28H,12-14H2,1H3/t17-,20-,21-,25-,26+,27+,28+/m1/s1. The van der Waals surface area contributed by atoms with E-state index in [1.54, 1.807) is 30.0 Å². The molecule has 3 aromatic carbocycles.